The van der Waals surface area contributed by atoms with Crippen LogP contribution in [0.15, 0.2) is 53.5 Å². The highest BCUT2D eigenvalue weighted by molar-refractivity contribution is 5.94. The van der Waals surface area contributed by atoms with E-state index in [4.69, 9.17) is 9.73 Å². The number of nitrogens with one attached hydrogen (secondary N) is 3. The van der Waals surface area contributed by atoms with Gasteiger partial charge in [0.05, 0.1) is 13.2 Å². The number of ether oxygens (including phenoxy) is 1. The number of hydrogen-bond acceptors (Lipinski definition) is 3. The summed E-state index contributed by atoms with van der Waals surface area (Å²) in [6.45, 7) is 6.87. The zero-order valence-electron chi connectivity index (χ0n) is 17.2. The van der Waals surface area contributed by atoms with Crippen molar-refractivity contribution in [3.8, 4) is 5.75 Å². The quantitative estimate of drug-likeness (QED) is 0.364. The van der Waals surface area contributed by atoms with Crippen LogP contribution in [0.1, 0.15) is 36.8 Å². The SMILES string of the molecule is CCNC(=NCC1CC(=O)Nc2ccccc21)NCCCOc1ccc(C)cc1. The Bertz CT molecular complexity index is 833. The number of benzene rings is 2. The van der Waals surface area contributed by atoms with Crippen LogP contribution in [0.5, 0.6) is 5.75 Å². The number of fused-ring (bicyclic) bond motifs is 1. The Morgan fingerprint density at radius 2 is 1.97 bits per heavy atom. The second kappa shape index (κ2) is 10.5. The van der Waals surface area contributed by atoms with E-state index in [1.807, 2.05) is 49.4 Å². The summed E-state index contributed by atoms with van der Waals surface area (Å²) in [6.07, 6.45) is 1.33. The van der Waals surface area contributed by atoms with Crippen molar-refractivity contribution in [2.45, 2.75) is 32.6 Å². The van der Waals surface area contributed by atoms with Crippen LogP contribution in [0.25, 0.3) is 0 Å². The van der Waals surface area contributed by atoms with Gasteiger partial charge in [-0.3, -0.25) is 9.79 Å². The molecule has 1 aliphatic heterocycles. The van der Waals surface area contributed by atoms with Crippen molar-refractivity contribution in [3.05, 3.63) is 59.7 Å². The molecule has 0 aliphatic carbocycles. The number of aryl methyl sites for hydroxylation is 1. The molecule has 0 radical (unpaired) electrons. The van der Waals surface area contributed by atoms with E-state index in [0.717, 1.165) is 42.5 Å². The molecule has 0 bridgehead atoms. The fourth-order valence-corrected chi connectivity index (χ4v) is 3.31. The minimum Gasteiger partial charge on any atom is -0.494 e. The van der Waals surface area contributed by atoms with E-state index in [9.17, 15) is 4.79 Å². The van der Waals surface area contributed by atoms with Gasteiger partial charge >= 0.3 is 0 Å². The molecule has 0 spiro atoms. The molecule has 0 saturated heterocycles. The summed E-state index contributed by atoms with van der Waals surface area (Å²) in [6, 6.07) is 16.0. The summed E-state index contributed by atoms with van der Waals surface area (Å²) in [7, 11) is 0. The van der Waals surface area contributed by atoms with E-state index in [0.29, 0.717) is 19.6 Å². The Labute approximate surface area is 172 Å². The topological polar surface area (TPSA) is 74.8 Å². The Balaban J connectivity index is 1.48. The first-order valence-electron chi connectivity index (χ1n) is 10.3. The number of nitrogens with zero attached hydrogens (tertiary/aromatic N) is 1. The van der Waals surface area contributed by atoms with Gasteiger partial charge in [-0.05, 0) is 44.0 Å². The fourth-order valence-electron chi connectivity index (χ4n) is 3.31. The average molecular weight is 395 g/mol. The van der Waals surface area contributed by atoms with Gasteiger partial charge in [0.25, 0.3) is 0 Å². The van der Waals surface area contributed by atoms with Crippen molar-refractivity contribution in [3.63, 3.8) is 0 Å². The van der Waals surface area contributed by atoms with E-state index in [2.05, 4.69) is 28.9 Å². The van der Waals surface area contributed by atoms with Crippen LogP contribution >= 0.6 is 0 Å². The molecular weight excluding hydrogens is 364 g/mol. The van der Waals surface area contributed by atoms with Crippen molar-refractivity contribution in [2.24, 2.45) is 4.99 Å². The predicted molar refractivity (Wildman–Crippen MR) is 118 cm³/mol. The summed E-state index contributed by atoms with van der Waals surface area (Å²) in [4.78, 5) is 16.7. The normalized spacial score (nSPS) is 16.0. The number of amides is 1. The van der Waals surface area contributed by atoms with Gasteiger partial charge in [0.2, 0.25) is 5.91 Å². The van der Waals surface area contributed by atoms with Crippen LogP contribution in [-0.2, 0) is 4.79 Å². The summed E-state index contributed by atoms with van der Waals surface area (Å²) in [5.74, 6) is 1.81. The van der Waals surface area contributed by atoms with Crippen LogP contribution in [0.3, 0.4) is 0 Å². The minimum absolute atomic E-state index is 0.0510. The van der Waals surface area contributed by atoms with E-state index in [1.54, 1.807) is 0 Å². The molecule has 6 nitrogen and oxygen atoms in total. The lowest BCUT2D eigenvalue weighted by atomic mass is 9.91. The molecule has 0 saturated carbocycles. The molecular formula is C23H30N4O2. The van der Waals surface area contributed by atoms with Crippen molar-refractivity contribution < 1.29 is 9.53 Å². The lowest BCUT2D eigenvalue weighted by molar-refractivity contribution is -0.116. The smallest absolute Gasteiger partial charge is 0.225 e. The molecule has 3 rings (SSSR count). The number of rotatable bonds is 8. The Morgan fingerprint density at radius 3 is 2.76 bits per heavy atom. The lowest BCUT2D eigenvalue weighted by Crippen LogP contribution is -2.38. The molecule has 3 N–H and O–H groups in total. The molecule has 2 aromatic carbocycles. The summed E-state index contributed by atoms with van der Waals surface area (Å²) in [5, 5.41) is 9.55. The van der Waals surface area contributed by atoms with Crippen LogP contribution in [0, 0.1) is 6.92 Å². The molecule has 154 valence electrons. The lowest BCUT2D eigenvalue weighted by Gasteiger charge is -2.24. The van der Waals surface area contributed by atoms with Gasteiger partial charge in [-0.25, -0.2) is 0 Å². The number of guanidine groups is 1. The molecule has 1 atom stereocenters. The van der Waals surface area contributed by atoms with Crippen molar-refractivity contribution in [1.82, 2.24) is 10.6 Å². The molecule has 1 heterocycles. The first kappa shape index (κ1) is 20.7. The Kier molecular flexibility index (Phi) is 7.50. The molecule has 2 aromatic rings. The Morgan fingerprint density at radius 1 is 1.17 bits per heavy atom. The molecule has 0 aromatic heterocycles. The number of carbonyl (C=O) groups excluding carboxylic acids is 1. The molecule has 1 amide bonds. The predicted octanol–water partition coefficient (Wildman–Crippen LogP) is 3.45. The summed E-state index contributed by atoms with van der Waals surface area (Å²) >= 11 is 0. The number of hydrogen-bond donors (Lipinski definition) is 3. The average Bonchev–Trinajstić information content (AvgIpc) is 2.72. The van der Waals surface area contributed by atoms with Gasteiger partial charge in [0.15, 0.2) is 5.96 Å². The van der Waals surface area contributed by atoms with E-state index >= 15 is 0 Å². The standard InChI is InChI=1S/C23H30N4O2/c1-3-24-23(25-13-6-14-29-19-11-9-17(2)10-12-19)26-16-18-15-22(28)27-21-8-5-4-7-20(18)21/h4-5,7-12,18H,3,6,13-16H2,1-2H3,(H,27,28)(H2,24,25,26). The second-order valence-electron chi connectivity index (χ2n) is 7.20. The molecule has 29 heavy (non-hydrogen) atoms. The maximum absolute atomic E-state index is 12.0. The number of anilines is 1. The van der Waals surface area contributed by atoms with E-state index < -0.39 is 0 Å². The van der Waals surface area contributed by atoms with Gasteiger partial charge in [-0.15, -0.1) is 0 Å². The van der Waals surface area contributed by atoms with Gasteiger partial charge in [0.1, 0.15) is 5.75 Å². The van der Waals surface area contributed by atoms with Gasteiger partial charge in [-0.2, -0.15) is 0 Å². The first-order valence-corrected chi connectivity index (χ1v) is 10.3. The maximum atomic E-state index is 12.0. The van der Waals surface area contributed by atoms with Crippen molar-refractivity contribution >= 4 is 17.6 Å². The Hall–Kier alpha value is -3.02. The second-order valence-corrected chi connectivity index (χ2v) is 7.20. The van der Waals surface area contributed by atoms with Crippen LogP contribution in [0.4, 0.5) is 5.69 Å². The van der Waals surface area contributed by atoms with E-state index in [-0.39, 0.29) is 11.8 Å². The van der Waals surface area contributed by atoms with Crippen molar-refractivity contribution in [2.75, 3.05) is 31.6 Å². The van der Waals surface area contributed by atoms with Gasteiger partial charge < -0.3 is 20.7 Å². The molecule has 0 fully saturated rings. The summed E-state index contributed by atoms with van der Waals surface area (Å²) < 4.78 is 5.76. The van der Waals surface area contributed by atoms with Crippen LogP contribution < -0.4 is 20.7 Å². The third-order valence-electron chi connectivity index (χ3n) is 4.82. The number of carbonyl (C=O) groups is 1. The van der Waals surface area contributed by atoms with Crippen LogP contribution in [0.2, 0.25) is 0 Å². The molecule has 6 heteroatoms. The highest BCUT2D eigenvalue weighted by Gasteiger charge is 2.24. The molecule has 1 aliphatic rings. The number of aliphatic imine (C=N–C) groups is 1. The summed E-state index contributed by atoms with van der Waals surface area (Å²) in [5.41, 5.74) is 3.27. The fraction of sp³-hybridized carbons (Fsp3) is 0.391. The third kappa shape index (κ3) is 6.24. The third-order valence-corrected chi connectivity index (χ3v) is 4.82. The van der Waals surface area contributed by atoms with E-state index in [1.165, 1.54) is 5.56 Å². The first-order chi connectivity index (χ1) is 14.2. The largest absolute Gasteiger partial charge is 0.494 e. The van der Waals surface area contributed by atoms with Crippen molar-refractivity contribution in [1.29, 1.82) is 0 Å². The monoisotopic (exact) mass is 394 g/mol. The maximum Gasteiger partial charge on any atom is 0.225 e. The van der Waals surface area contributed by atoms with Gasteiger partial charge in [-0.1, -0.05) is 35.9 Å². The zero-order valence-corrected chi connectivity index (χ0v) is 17.2. The minimum atomic E-state index is 0.0510. The highest BCUT2D eigenvalue weighted by Crippen LogP contribution is 2.31. The number of para-hydroxylation sites is 1. The zero-order chi connectivity index (χ0) is 20.5. The highest BCUT2D eigenvalue weighted by atomic mass is 16.5. The van der Waals surface area contributed by atoms with Crippen LogP contribution in [-0.4, -0.2) is 38.1 Å². The molecule has 1 unspecified atom stereocenters. The van der Waals surface area contributed by atoms with Gasteiger partial charge in [0, 0.05) is 31.1 Å².